The molecule has 6 N–H and O–H groups in total. The molecule has 0 saturated carbocycles. The summed E-state index contributed by atoms with van der Waals surface area (Å²) in [5.74, 6) is 0. The molecule has 0 aliphatic carbocycles. The minimum absolute atomic E-state index is 0.380. The molecule has 0 fully saturated rings. The molecule has 19 heavy (non-hydrogen) atoms. The Hall–Kier alpha value is -1.19. The fourth-order valence-electron chi connectivity index (χ4n) is 1.23. The number of hydrogen-bond donors (Lipinski definition) is 5. The van der Waals surface area contributed by atoms with Gasteiger partial charge in [-0.05, 0) is 17.7 Å². The van der Waals surface area contributed by atoms with Crippen LogP contribution in [0.4, 0.5) is 5.69 Å². The van der Waals surface area contributed by atoms with Crippen molar-refractivity contribution >= 4 is 16.1 Å². The van der Waals surface area contributed by atoms with E-state index in [1.165, 1.54) is 0 Å². The maximum atomic E-state index is 9.78. The van der Waals surface area contributed by atoms with Crippen LogP contribution < -0.4 is 11.1 Å². The molecule has 1 aromatic rings. The first kappa shape index (κ1) is 17.8. The van der Waals surface area contributed by atoms with Crippen molar-refractivity contribution in [1.82, 2.24) is 5.32 Å². The van der Waals surface area contributed by atoms with Gasteiger partial charge in [0.2, 0.25) is 0 Å². The van der Waals surface area contributed by atoms with Gasteiger partial charge in [0, 0.05) is 18.3 Å². The lowest BCUT2D eigenvalue weighted by molar-refractivity contribution is 0.171. The predicted octanol–water partition coefficient (Wildman–Crippen LogP) is 0.647. The number of benzene rings is 1. The van der Waals surface area contributed by atoms with Gasteiger partial charge in [0.25, 0.3) is 0 Å². The van der Waals surface area contributed by atoms with Crippen LogP contribution in [0.25, 0.3) is 0 Å². The van der Waals surface area contributed by atoms with Crippen LogP contribution in [0.2, 0.25) is 0 Å². The van der Waals surface area contributed by atoms with Gasteiger partial charge in [0.1, 0.15) is 0 Å². The first-order chi connectivity index (χ1) is 8.59. The van der Waals surface area contributed by atoms with Crippen molar-refractivity contribution in [1.29, 1.82) is 0 Å². The molecule has 0 heterocycles. The number of aliphatic hydroxyl groups is 1. The van der Waals surface area contributed by atoms with Crippen molar-refractivity contribution < 1.29 is 22.6 Å². The van der Waals surface area contributed by atoms with Gasteiger partial charge in [-0.3, -0.25) is 9.11 Å². The molecule has 1 atom stereocenters. The molecule has 0 spiro atoms. The molecular weight excluding hydrogens is 272 g/mol. The van der Waals surface area contributed by atoms with Crippen LogP contribution in [0.5, 0.6) is 0 Å². The third-order valence-electron chi connectivity index (χ3n) is 2.01. The Balaban J connectivity index is 0.000000555. The zero-order valence-corrected chi connectivity index (χ0v) is 11.6. The molecule has 1 unspecified atom stereocenters. The number of hydrogen-bond acceptors (Lipinski definition) is 5. The second-order valence-electron chi connectivity index (χ2n) is 4.20. The van der Waals surface area contributed by atoms with Crippen LogP contribution in [0, 0.1) is 0 Å². The Morgan fingerprint density at radius 3 is 2.26 bits per heavy atom. The van der Waals surface area contributed by atoms with Crippen LogP contribution in [0.1, 0.15) is 25.5 Å². The second-order valence-corrected chi connectivity index (χ2v) is 5.09. The van der Waals surface area contributed by atoms with Crippen molar-refractivity contribution in [2.75, 3.05) is 12.3 Å². The van der Waals surface area contributed by atoms with Gasteiger partial charge in [-0.1, -0.05) is 26.0 Å². The maximum absolute atomic E-state index is 9.78. The summed E-state index contributed by atoms with van der Waals surface area (Å²) in [5.41, 5.74) is 7.17. The molecule has 0 saturated heterocycles. The van der Waals surface area contributed by atoms with E-state index in [0.717, 1.165) is 5.56 Å². The summed E-state index contributed by atoms with van der Waals surface area (Å²) in [6.45, 7) is 4.65. The highest BCUT2D eigenvalue weighted by Crippen LogP contribution is 2.14. The monoisotopic (exact) mass is 292 g/mol. The van der Waals surface area contributed by atoms with Gasteiger partial charge in [0.05, 0.1) is 6.10 Å². The van der Waals surface area contributed by atoms with E-state index in [-0.39, 0.29) is 0 Å². The van der Waals surface area contributed by atoms with Gasteiger partial charge in [-0.15, -0.1) is 0 Å². The highest BCUT2D eigenvalue weighted by atomic mass is 32.3. The van der Waals surface area contributed by atoms with E-state index in [0.29, 0.717) is 18.3 Å². The smallest absolute Gasteiger partial charge is 0.394 e. The molecule has 1 aromatic carbocycles. The summed E-state index contributed by atoms with van der Waals surface area (Å²) in [5, 5.41) is 12.9. The van der Waals surface area contributed by atoms with Gasteiger partial charge in [0.15, 0.2) is 0 Å². The number of nitrogens with one attached hydrogen (secondary N) is 1. The summed E-state index contributed by atoms with van der Waals surface area (Å²) in [6, 6.07) is 7.72. The van der Waals surface area contributed by atoms with E-state index in [1.54, 1.807) is 6.07 Å². The van der Waals surface area contributed by atoms with Gasteiger partial charge in [-0.2, -0.15) is 8.42 Å². The first-order valence-electron chi connectivity index (χ1n) is 5.56. The third kappa shape index (κ3) is 11.6. The van der Waals surface area contributed by atoms with Gasteiger partial charge < -0.3 is 16.2 Å². The molecule has 0 aliphatic rings. The lowest BCUT2D eigenvalue weighted by Gasteiger charge is -2.14. The quantitative estimate of drug-likeness (QED) is 0.406. The van der Waals surface area contributed by atoms with Crippen LogP contribution >= 0.6 is 0 Å². The van der Waals surface area contributed by atoms with E-state index < -0.39 is 16.5 Å². The summed E-state index contributed by atoms with van der Waals surface area (Å²) < 4.78 is 31.6. The molecular formula is C11H20N2O5S. The summed E-state index contributed by atoms with van der Waals surface area (Å²) in [4.78, 5) is 0. The Bertz CT molecular complexity index is 468. The Morgan fingerprint density at radius 1 is 1.32 bits per heavy atom. The zero-order valence-electron chi connectivity index (χ0n) is 10.8. The van der Waals surface area contributed by atoms with Crippen LogP contribution in [0.3, 0.4) is 0 Å². The number of nitrogens with two attached hydrogens (primary N) is 1. The average Bonchev–Trinajstić information content (AvgIpc) is 2.23. The molecule has 0 aromatic heterocycles. The first-order valence-corrected chi connectivity index (χ1v) is 6.96. The predicted molar refractivity (Wildman–Crippen MR) is 73.1 cm³/mol. The van der Waals surface area contributed by atoms with Crippen molar-refractivity contribution in [3.05, 3.63) is 29.8 Å². The van der Waals surface area contributed by atoms with E-state index in [9.17, 15) is 5.11 Å². The largest absolute Gasteiger partial charge is 0.399 e. The topological polar surface area (TPSA) is 133 Å². The van der Waals surface area contributed by atoms with Crippen molar-refractivity contribution in [2.45, 2.75) is 26.0 Å². The molecule has 0 amide bonds. The van der Waals surface area contributed by atoms with E-state index in [4.69, 9.17) is 23.3 Å². The van der Waals surface area contributed by atoms with E-state index in [2.05, 4.69) is 5.32 Å². The number of rotatable bonds is 4. The fourth-order valence-corrected chi connectivity index (χ4v) is 1.23. The molecule has 1 rings (SSSR count). The van der Waals surface area contributed by atoms with Crippen LogP contribution in [0.15, 0.2) is 24.3 Å². The number of anilines is 1. The van der Waals surface area contributed by atoms with Crippen molar-refractivity contribution in [3.8, 4) is 0 Å². The van der Waals surface area contributed by atoms with Gasteiger partial charge >= 0.3 is 10.4 Å². The maximum Gasteiger partial charge on any atom is 0.394 e. The summed E-state index contributed by atoms with van der Waals surface area (Å²) in [7, 11) is -4.67. The van der Waals surface area contributed by atoms with Crippen LogP contribution in [-0.2, 0) is 10.4 Å². The Kier molecular flexibility index (Phi) is 7.57. The average molecular weight is 292 g/mol. The summed E-state index contributed by atoms with van der Waals surface area (Å²) in [6.07, 6.45) is -0.485. The lowest BCUT2D eigenvalue weighted by Crippen LogP contribution is -2.27. The summed E-state index contributed by atoms with van der Waals surface area (Å²) >= 11 is 0. The molecule has 0 aliphatic heterocycles. The Morgan fingerprint density at radius 2 is 1.84 bits per heavy atom. The minimum atomic E-state index is -4.67. The van der Waals surface area contributed by atoms with Crippen LogP contribution in [-0.4, -0.2) is 35.2 Å². The second kappa shape index (κ2) is 8.08. The lowest BCUT2D eigenvalue weighted by atomic mass is 10.1. The highest BCUT2D eigenvalue weighted by Gasteiger charge is 2.07. The molecule has 7 nitrogen and oxygen atoms in total. The van der Waals surface area contributed by atoms with E-state index in [1.807, 2.05) is 32.0 Å². The SMILES string of the molecule is CC(C)NCC(O)c1cccc(N)c1.O=S(=O)(O)O. The minimum Gasteiger partial charge on any atom is -0.399 e. The molecule has 0 bridgehead atoms. The standard InChI is InChI=1S/C11H18N2O.H2O4S/c1-8(2)13-7-11(14)9-4-3-5-10(12)6-9;1-5(2,3)4/h3-6,8,11,13-14H,7,12H2,1-2H3;(H2,1,2,3,4). The molecule has 0 radical (unpaired) electrons. The highest BCUT2D eigenvalue weighted by molar-refractivity contribution is 7.79. The number of aliphatic hydroxyl groups excluding tert-OH is 1. The Labute approximate surface area is 113 Å². The normalized spacial score (nSPS) is 12.7. The molecule has 110 valence electrons. The van der Waals surface area contributed by atoms with Crippen molar-refractivity contribution in [2.24, 2.45) is 0 Å². The number of nitrogen functional groups attached to an aromatic ring is 1. The third-order valence-corrected chi connectivity index (χ3v) is 2.01. The van der Waals surface area contributed by atoms with E-state index >= 15 is 0 Å². The fraction of sp³-hybridized carbons (Fsp3) is 0.455. The van der Waals surface area contributed by atoms with Gasteiger partial charge in [-0.25, -0.2) is 0 Å². The van der Waals surface area contributed by atoms with Crippen molar-refractivity contribution in [3.63, 3.8) is 0 Å². The molecule has 8 heteroatoms. The zero-order chi connectivity index (χ0) is 15.1.